The molecule has 0 aliphatic heterocycles. The number of hydrogen-bond acceptors (Lipinski definition) is 4. The first kappa shape index (κ1) is 23.9. The van der Waals surface area contributed by atoms with Crippen LogP contribution < -0.4 is 5.32 Å². The standard InChI is InChI=1S/C24H28FN3O3/c1-15(2)10-11-28-16(3)12-19(17(28)4)13-20(14-26)24(30)31-18(5)23(29)27-22-8-6-21(25)7-9-22/h6-9,12-13,15,18H,10-11H2,1-5H3,(H,27,29)/b20-13+/t18-/m0/s1. The second-order valence-electron chi connectivity index (χ2n) is 7.87. The fourth-order valence-corrected chi connectivity index (χ4v) is 3.05. The number of rotatable bonds is 8. The van der Waals surface area contributed by atoms with E-state index >= 15 is 0 Å². The van der Waals surface area contributed by atoms with Gasteiger partial charge < -0.3 is 14.6 Å². The molecular formula is C24H28FN3O3. The van der Waals surface area contributed by atoms with E-state index in [1.165, 1.54) is 37.3 Å². The quantitative estimate of drug-likeness (QED) is 0.375. The van der Waals surface area contributed by atoms with Crippen LogP contribution in [0.15, 0.2) is 35.9 Å². The number of aryl methyl sites for hydroxylation is 1. The van der Waals surface area contributed by atoms with Crippen molar-refractivity contribution in [3.05, 3.63) is 58.7 Å². The van der Waals surface area contributed by atoms with E-state index in [0.717, 1.165) is 29.9 Å². The van der Waals surface area contributed by atoms with Gasteiger partial charge in [0.05, 0.1) is 0 Å². The minimum Gasteiger partial charge on any atom is -0.448 e. The highest BCUT2D eigenvalue weighted by Gasteiger charge is 2.21. The van der Waals surface area contributed by atoms with Gasteiger partial charge in [-0.05, 0) is 75.1 Å². The third kappa shape index (κ3) is 6.54. The Bertz CT molecular complexity index is 1010. The minimum atomic E-state index is -1.13. The van der Waals surface area contributed by atoms with Crippen molar-refractivity contribution in [3.63, 3.8) is 0 Å². The van der Waals surface area contributed by atoms with Crippen LogP contribution in [0.2, 0.25) is 0 Å². The molecule has 0 bridgehead atoms. The number of anilines is 1. The van der Waals surface area contributed by atoms with E-state index in [1.54, 1.807) is 0 Å². The summed E-state index contributed by atoms with van der Waals surface area (Å²) in [5.74, 6) is -1.32. The highest BCUT2D eigenvalue weighted by atomic mass is 19.1. The molecule has 0 fully saturated rings. The van der Waals surface area contributed by atoms with E-state index in [9.17, 15) is 19.2 Å². The van der Waals surface area contributed by atoms with Crippen LogP contribution in [0.3, 0.4) is 0 Å². The average Bonchev–Trinajstić information content (AvgIpc) is 2.98. The van der Waals surface area contributed by atoms with Gasteiger partial charge in [0.25, 0.3) is 5.91 Å². The second kappa shape index (κ2) is 10.6. The van der Waals surface area contributed by atoms with Gasteiger partial charge in [0.1, 0.15) is 17.5 Å². The molecule has 1 aromatic heterocycles. The number of aromatic nitrogens is 1. The molecule has 0 aliphatic rings. The Morgan fingerprint density at radius 1 is 1.23 bits per heavy atom. The summed E-state index contributed by atoms with van der Waals surface area (Å²) >= 11 is 0. The Hall–Kier alpha value is -3.40. The number of carbonyl (C=O) groups is 2. The summed E-state index contributed by atoms with van der Waals surface area (Å²) in [4.78, 5) is 24.7. The normalized spacial score (nSPS) is 12.4. The predicted octanol–water partition coefficient (Wildman–Crippen LogP) is 4.77. The van der Waals surface area contributed by atoms with Gasteiger partial charge >= 0.3 is 5.97 Å². The number of carbonyl (C=O) groups excluding carboxylic acids is 2. The van der Waals surface area contributed by atoms with Gasteiger partial charge in [0.2, 0.25) is 0 Å². The first-order valence-corrected chi connectivity index (χ1v) is 10.2. The third-order valence-corrected chi connectivity index (χ3v) is 4.95. The summed E-state index contributed by atoms with van der Waals surface area (Å²) in [7, 11) is 0. The summed E-state index contributed by atoms with van der Waals surface area (Å²) < 4.78 is 20.3. The van der Waals surface area contributed by atoms with Gasteiger partial charge in [-0.1, -0.05) is 13.8 Å². The molecule has 1 N–H and O–H groups in total. The number of nitriles is 1. The SMILES string of the molecule is Cc1cc(/C=C(\C#N)C(=O)O[C@@H](C)C(=O)Nc2ccc(F)cc2)c(C)n1CCC(C)C. The first-order valence-electron chi connectivity index (χ1n) is 10.2. The maximum absolute atomic E-state index is 13.0. The lowest BCUT2D eigenvalue weighted by Crippen LogP contribution is -2.30. The molecule has 0 saturated heterocycles. The van der Waals surface area contributed by atoms with E-state index in [1.807, 2.05) is 26.0 Å². The van der Waals surface area contributed by atoms with Crippen molar-refractivity contribution in [1.82, 2.24) is 4.57 Å². The van der Waals surface area contributed by atoms with Crippen molar-refractivity contribution < 1.29 is 18.7 Å². The molecule has 6 nitrogen and oxygen atoms in total. The van der Waals surface area contributed by atoms with E-state index in [0.29, 0.717) is 11.6 Å². The molecule has 1 amide bonds. The molecule has 7 heteroatoms. The lowest BCUT2D eigenvalue weighted by molar-refractivity contribution is -0.148. The molecule has 1 atom stereocenters. The molecule has 1 heterocycles. The van der Waals surface area contributed by atoms with Crippen molar-refractivity contribution in [3.8, 4) is 6.07 Å². The lowest BCUT2D eigenvalue weighted by atomic mass is 10.1. The molecule has 0 aliphatic carbocycles. The van der Waals surface area contributed by atoms with Crippen LogP contribution in [0.5, 0.6) is 0 Å². The number of halogens is 1. The number of benzene rings is 1. The van der Waals surface area contributed by atoms with E-state index < -0.39 is 23.8 Å². The van der Waals surface area contributed by atoms with Gasteiger partial charge in [-0.3, -0.25) is 4.79 Å². The molecule has 31 heavy (non-hydrogen) atoms. The number of esters is 1. The summed E-state index contributed by atoms with van der Waals surface area (Å²) in [6, 6.07) is 9.00. The van der Waals surface area contributed by atoms with Gasteiger partial charge in [-0.2, -0.15) is 5.26 Å². The Morgan fingerprint density at radius 3 is 2.45 bits per heavy atom. The lowest BCUT2D eigenvalue weighted by Gasteiger charge is -2.13. The zero-order valence-electron chi connectivity index (χ0n) is 18.5. The topological polar surface area (TPSA) is 84.1 Å². The Kier molecular flexibility index (Phi) is 8.14. The fraction of sp³-hybridized carbons (Fsp3) is 0.375. The van der Waals surface area contributed by atoms with Crippen molar-refractivity contribution in [2.75, 3.05) is 5.32 Å². The van der Waals surface area contributed by atoms with Gasteiger partial charge in [0.15, 0.2) is 6.10 Å². The van der Waals surface area contributed by atoms with Crippen molar-refractivity contribution in [1.29, 1.82) is 5.26 Å². The smallest absolute Gasteiger partial charge is 0.349 e. The molecule has 164 valence electrons. The molecular weight excluding hydrogens is 397 g/mol. The zero-order valence-corrected chi connectivity index (χ0v) is 18.5. The molecule has 0 radical (unpaired) electrons. The largest absolute Gasteiger partial charge is 0.448 e. The maximum Gasteiger partial charge on any atom is 0.349 e. The highest BCUT2D eigenvalue weighted by Crippen LogP contribution is 2.20. The summed E-state index contributed by atoms with van der Waals surface area (Å²) in [5.41, 5.74) is 2.95. The summed E-state index contributed by atoms with van der Waals surface area (Å²) in [6.45, 7) is 10.5. The number of amides is 1. The van der Waals surface area contributed by atoms with Gasteiger partial charge in [-0.15, -0.1) is 0 Å². The fourth-order valence-electron chi connectivity index (χ4n) is 3.05. The average molecular weight is 426 g/mol. The second-order valence-corrected chi connectivity index (χ2v) is 7.87. The first-order chi connectivity index (χ1) is 14.6. The van der Waals surface area contributed by atoms with Crippen LogP contribution in [0.25, 0.3) is 6.08 Å². The van der Waals surface area contributed by atoms with E-state index in [2.05, 4.69) is 23.7 Å². The monoisotopic (exact) mass is 425 g/mol. The maximum atomic E-state index is 13.0. The van der Waals surface area contributed by atoms with E-state index in [4.69, 9.17) is 4.74 Å². The van der Waals surface area contributed by atoms with Crippen LogP contribution >= 0.6 is 0 Å². The van der Waals surface area contributed by atoms with Crippen LogP contribution in [0, 0.1) is 36.9 Å². The molecule has 1 aromatic carbocycles. The highest BCUT2D eigenvalue weighted by molar-refractivity contribution is 6.01. The number of nitrogens with one attached hydrogen (secondary N) is 1. The molecule has 0 saturated carbocycles. The van der Waals surface area contributed by atoms with Crippen LogP contribution in [-0.4, -0.2) is 22.5 Å². The Labute approximate surface area is 182 Å². The zero-order chi connectivity index (χ0) is 23.1. The predicted molar refractivity (Wildman–Crippen MR) is 118 cm³/mol. The number of ether oxygens (including phenoxy) is 1. The van der Waals surface area contributed by atoms with Crippen LogP contribution in [0.1, 0.15) is 44.1 Å². The van der Waals surface area contributed by atoms with Crippen molar-refractivity contribution in [2.45, 2.75) is 53.7 Å². The third-order valence-electron chi connectivity index (χ3n) is 4.95. The minimum absolute atomic E-state index is 0.189. The molecule has 2 aromatic rings. The van der Waals surface area contributed by atoms with Crippen LogP contribution in [-0.2, 0) is 20.9 Å². The summed E-state index contributed by atoms with van der Waals surface area (Å²) in [6.07, 6.45) is 1.38. The Balaban J connectivity index is 2.10. The molecule has 0 spiro atoms. The Morgan fingerprint density at radius 2 is 1.87 bits per heavy atom. The molecule has 2 rings (SSSR count). The van der Waals surface area contributed by atoms with Crippen LogP contribution in [0.4, 0.5) is 10.1 Å². The van der Waals surface area contributed by atoms with Crippen molar-refractivity contribution in [2.24, 2.45) is 5.92 Å². The molecule has 0 unspecified atom stereocenters. The van der Waals surface area contributed by atoms with Gasteiger partial charge in [0, 0.05) is 23.6 Å². The van der Waals surface area contributed by atoms with Crippen molar-refractivity contribution >= 4 is 23.6 Å². The van der Waals surface area contributed by atoms with E-state index in [-0.39, 0.29) is 5.57 Å². The summed E-state index contributed by atoms with van der Waals surface area (Å²) in [5, 5.41) is 12.0. The van der Waals surface area contributed by atoms with Gasteiger partial charge in [-0.25, -0.2) is 9.18 Å². The number of hydrogen-bond donors (Lipinski definition) is 1. The number of nitrogens with zero attached hydrogens (tertiary/aromatic N) is 2.